The second kappa shape index (κ2) is 5.44. The molecular weight excluding hydrogens is 292 g/mol. The molecular formula is C12H12N6O2S. The lowest BCUT2D eigenvalue weighted by Gasteiger charge is -2.05. The average Bonchev–Trinajstić information content (AvgIpc) is 3.09. The number of anilines is 1. The zero-order valence-corrected chi connectivity index (χ0v) is 12.0. The molecule has 8 nitrogen and oxygen atoms in total. The van der Waals surface area contributed by atoms with Crippen molar-refractivity contribution in [2.24, 2.45) is 0 Å². The first kappa shape index (κ1) is 13.4. The summed E-state index contributed by atoms with van der Waals surface area (Å²) in [4.78, 5) is 36.2. The normalized spacial score (nSPS) is 10.9. The molecule has 0 saturated heterocycles. The average molecular weight is 304 g/mol. The molecule has 0 bridgehead atoms. The molecule has 0 atom stereocenters. The molecule has 0 fully saturated rings. The number of aromatic nitrogens is 5. The largest absolute Gasteiger partial charge is 0.302 e. The molecule has 2 N–H and O–H groups in total. The number of carbonyl (C=O) groups excluding carboxylic acids is 1. The van der Waals surface area contributed by atoms with Crippen molar-refractivity contribution in [1.82, 2.24) is 24.6 Å². The summed E-state index contributed by atoms with van der Waals surface area (Å²) in [6.45, 7) is 1.74. The molecule has 0 aliphatic carbocycles. The molecule has 108 valence electrons. The number of carbonyl (C=O) groups is 1. The van der Waals surface area contributed by atoms with Gasteiger partial charge in [-0.15, -0.1) is 11.3 Å². The van der Waals surface area contributed by atoms with Crippen molar-refractivity contribution < 1.29 is 4.79 Å². The van der Waals surface area contributed by atoms with E-state index in [1.165, 1.54) is 22.2 Å². The molecule has 9 heteroatoms. The van der Waals surface area contributed by atoms with Gasteiger partial charge in [-0.2, -0.15) is 4.52 Å². The van der Waals surface area contributed by atoms with Gasteiger partial charge in [0, 0.05) is 23.6 Å². The molecule has 3 rings (SSSR count). The first-order valence-corrected chi connectivity index (χ1v) is 7.14. The fraction of sp³-hybridized carbons (Fsp3) is 0.250. The highest BCUT2D eigenvalue weighted by Crippen LogP contribution is 2.11. The summed E-state index contributed by atoms with van der Waals surface area (Å²) in [7, 11) is 0. The molecule has 1 amide bonds. The van der Waals surface area contributed by atoms with Crippen LogP contribution in [0.1, 0.15) is 17.7 Å². The molecule has 21 heavy (non-hydrogen) atoms. The third-order valence-electron chi connectivity index (χ3n) is 3.01. The number of H-pyrrole nitrogens is 1. The van der Waals surface area contributed by atoms with Crippen molar-refractivity contribution in [3.8, 4) is 0 Å². The fourth-order valence-corrected chi connectivity index (χ4v) is 2.53. The highest BCUT2D eigenvalue weighted by atomic mass is 32.1. The Balaban J connectivity index is 1.76. The van der Waals surface area contributed by atoms with Gasteiger partial charge in [0.1, 0.15) is 6.33 Å². The molecule has 3 heterocycles. The van der Waals surface area contributed by atoms with Crippen molar-refractivity contribution in [3.63, 3.8) is 0 Å². The Bertz CT molecular complexity index is 835. The molecule has 0 aliphatic heterocycles. The van der Waals surface area contributed by atoms with Gasteiger partial charge in [0.2, 0.25) is 5.91 Å². The predicted molar refractivity (Wildman–Crippen MR) is 77.4 cm³/mol. The fourth-order valence-electron chi connectivity index (χ4n) is 1.99. The molecule has 0 aromatic carbocycles. The van der Waals surface area contributed by atoms with Crippen LogP contribution < -0.4 is 10.9 Å². The summed E-state index contributed by atoms with van der Waals surface area (Å²) in [5.41, 5.74) is 0.872. The number of hydrogen-bond donors (Lipinski definition) is 2. The maximum Gasteiger partial charge on any atom is 0.277 e. The Hall–Kier alpha value is -2.55. The highest BCUT2D eigenvalue weighted by molar-refractivity contribution is 7.13. The highest BCUT2D eigenvalue weighted by Gasteiger charge is 2.13. The van der Waals surface area contributed by atoms with Crippen LogP contribution in [-0.4, -0.2) is 30.5 Å². The van der Waals surface area contributed by atoms with Gasteiger partial charge < -0.3 is 5.32 Å². The number of aromatic amines is 1. The SMILES string of the molecule is Cc1nc2nc[nH]n2c(=O)c1CCC(=O)Nc1nccs1. The zero-order chi connectivity index (χ0) is 14.8. The van der Waals surface area contributed by atoms with Crippen molar-refractivity contribution in [2.75, 3.05) is 5.32 Å². The Labute approximate surface area is 122 Å². The molecule has 3 aromatic rings. The monoisotopic (exact) mass is 304 g/mol. The number of amides is 1. The molecule has 0 aliphatic rings. The van der Waals surface area contributed by atoms with Crippen LogP contribution >= 0.6 is 11.3 Å². The second-order valence-electron chi connectivity index (χ2n) is 4.39. The van der Waals surface area contributed by atoms with Gasteiger partial charge in [-0.05, 0) is 13.3 Å². The van der Waals surface area contributed by atoms with E-state index >= 15 is 0 Å². The maximum absolute atomic E-state index is 12.2. The summed E-state index contributed by atoms with van der Waals surface area (Å²) in [5.74, 6) is 0.145. The van der Waals surface area contributed by atoms with E-state index in [4.69, 9.17) is 0 Å². The van der Waals surface area contributed by atoms with Gasteiger partial charge in [-0.3, -0.25) is 14.7 Å². The van der Waals surface area contributed by atoms with Crippen molar-refractivity contribution >= 4 is 28.2 Å². The van der Waals surface area contributed by atoms with Gasteiger partial charge in [0.05, 0.1) is 5.69 Å². The summed E-state index contributed by atoms with van der Waals surface area (Å²) in [6.07, 6.45) is 3.53. The Kier molecular flexibility index (Phi) is 3.48. The van der Waals surface area contributed by atoms with Crippen LogP contribution in [0.4, 0.5) is 5.13 Å². The number of fused-ring (bicyclic) bond motifs is 1. The van der Waals surface area contributed by atoms with Gasteiger partial charge >= 0.3 is 0 Å². The smallest absolute Gasteiger partial charge is 0.277 e. The summed E-state index contributed by atoms with van der Waals surface area (Å²) >= 11 is 1.35. The lowest BCUT2D eigenvalue weighted by atomic mass is 10.1. The first-order chi connectivity index (χ1) is 10.1. The van der Waals surface area contributed by atoms with E-state index in [1.54, 1.807) is 18.5 Å². The van der Waals surface area contributed by atoms with Gasteiger partial charge in [0.25, 0.3) is 11.3 Å². The van der Waals surface area contributed by atoms with E-state index in [2.05, 4.69) is 25.4 Å². The number of nitrogens with one attached hydrogen (secondary N) is 2. The molecule has 0 saturated carbocycles. The number of aryl methyl sites for hydroxylation is 1. The Morgan fingerprint density at radius 2 is 2.33 bits per heavy atom. The standard InChI is InChI=1S/C12H12N6O2S/c1-7-8(10(20)18-11(16-7)14-6-15-18)2-3-9(19)17-12-13-4-5-21-12/h4-6H,2-3H2,1H3,(H,13,17,19)(H,14,15,16). The lowest BCUT2D eigenvalue weighted by Crippen LogP contribution is -2.23. The van der Waals surface area contributed by atoms with Gasteiger partial charge in [0.15, 0.2) is 5.13 Å². The maximum atomic E-state index is 12.2. The molecule has 0 spiro atoms. The van der Waals surface area contributed by atoms with Gasteiger partial charge in [-0.1, -0.05) is 0 Å². The molecule has 0 radical (unpaired) electrons. The van der Waals surface area contributed by atoms with E-state index in [0.717, 1.165) is 0 Å². The topological polar surface area (TPSA) is 105 Å². The van der Waals surface area contributed by atoms with E-state index in [9.17, 15) is 9.59 Å². The number of rotatable bonds is 4. The summed E-state index contributed by atoms with van der Waals surface area (Å²) in [6, 6.07) is 0. The second-order valence-corrected chi connectivity index (χ2v) is 5.28. The van der Waals surface area contributed by atoms with Crippen LogP contribution in [0, 0.1) is 6.92 Å². The number of hydrogen-bond acceptors (Lipinski definition) is 6. The zero-order valence-electron chi connectivity index (χ0n) is 11.2. The van der Waals surface area contributed by atoms with Crippen LogP contribution in [0.5, 0.6) is 0 Å². The van der Waals surface area contributed by atoms with Crippen molar-refractivity contribution in [3.05, 3.63) is 39.5 Å². The summed E-state index contributed by atoms with van der Waals surface area (Å²) < 4.78 is 1.26. The van der Waals surface area contributed by atoms with Crippen molar-refractivity contribution in [1.29, 1.82) is 0 Å². The number of thiazole rings is 1. The minimum atomic E-state index is -0.225. The quantitative estimate of drug-likeness (QED) is 0.740. The summed E-state index contributed by atoms with van der Waals surface area (Å²) in [5, 5.41) is 7.71. The number of nitrogens with zero attached hydrogens (tertiary/aromatic N) is 4. The van der Waals surface area contributed by atoms with Crippen LogP contribution in [-0.2, 0) is 11.2 Å². The van der Waals surface area contributed by atoms with Crippen LogP contribution in [0.3, 0.4) is 0 Å². The van der Waals surface area contributed by atoms with E-state index < -0.39 is 0 Å². The third-order valence-corrected chi connectivity index (χ3v) is 3.70. The first-order valence-electron chi connectivity index (χ1n) is 6.26. The van der Waals surface area contributed by atoms with Gasteiger partial charge in [-0.25, -0.2) is 15.0 Å². The van der Waals surface area contributed by atoms with E-state index in [0.29, 0.717) is 28.6 Å². The Morgan fingerprint density at radius 1 is 1.48 bits per heavy atom. The predicted octanol–water partition coefficient (Wildman–Crippen LogP) is 0.754. The minimum absolute atomic E-state index is 0.182. The van der Waals surface area contributed by atoms with Crippen LogP contribution in [0.25, 0.3) is 5.78 Å². The van der Waals surface area contributed by atoms with Crippen LogP contribution in [0.15, 0.2) is 22.7 Å². The minimum Gasteiger partial charge on any atom is -0.302 e. The third kappa shape index (κ3) is 2.68. The molecule has 3 aromatic heterocycles. The van der Waals surface area contributed by atoms with Crippen LogP contribution in [0.2, 0.25) is 0 Å². The van der Waals surface area contributed by atoms with E-state index in [1.807, 2.05) is 0 Å². The van der Waals surface area contributed by atoms with Crippen molar-refractivity contribution in [2.45, 2.75) is 19.8 Å². The van der Waals surface area contributed by atoms with E-state index in [-0.39, 0.29) is 17.9 Å². The molecule has 0 unspecified atom stereocenters. The Morgan fingerprint density at radius 3 is 3.10 bits per heavy atom. The lowest BCUT2D eigenvalue weighted by molar-refractivity contribution is -0.116.